The lowest BCUT2D eigenvalue weighted by Crippen LogP contribution is -2.39. The van der Waals surface area contributed by atoms with E-state index in [4.69, 9.17) is 45.8 Å². The molecule has 2 aliphatic heterocycles. The quantitative estimate of drug-likeness (QED) is 0.0750. The van der Waals surface area contributed by atoms with E-state index in [1.54, 1.807) is 112 Å². The van der Waals surface area contributed by atoms with Crippen LogP contribution in [-0.4, -0.2) is 193 Å². The summed E-state index contributed by atoms with van der Waals surface area (Å²) in [5.74, 6) is 4.17. The van der Waals surface area contributed by atoms with Gasteiger partial charge in [-0.2, -0.15) is 0 Å². The fourth-order valence-corrected chi connectivity index (χ4v) is 9.22. The molecule has 482 valence electrons. The van der Waals surface area contributed by atoms with Gasteiger partial charge in [0.25, 0.3) is 56.7 Å². The minimum absolute atomic E-state index is 0.0549. The zero-order chi connectivity index (χ0) is 64.8. The number of anilines is 4. The second-order valence-electron chi connectivity index (χ2n) is 20.2. The lowest BCUT2D eigenvalue weighted by atomic mass is 10.1. The molecule has 0 amide bonds. The Morgan fingerprint density at radius 2 is 0.791 bits per heavy atom. The number of rotatable bonds is 17. The zero-order valence-corrected chi connectivity index (χ0v) is 52.0. The SMILES string of the molecule is COc1ccc2c(c1)nc(Cl)n[n+]2[O-].COc1ccc2c(c1)nc(N)n[n+]2[O-].COc1ccc2c(c1)nc(NCCN(C)C)n[n+]2[O-].COc1ccc2c(c1)nc(NCCN1CCCCC1)n[n+]2[O-].COc1ccc2c(c1)nc(NCCN1CCOCC1)n[n+]2[O-]. The summed E-state index contributed by atoms with van der Waals surface area (Å²) in [5.41, 5.74) is 9.92. The molecule has 91 heavy (non-hydrogen) atoms. The van der Waals surface area contributed by atoms with E-state index >= 15 is 0 Å². The molecule has 34 heteroatoms. The molecule has 2 saturated heterocycles. The molecule has 0 aliphatic carbocycles. The monoisotopic (exact) mass is 1270 g/mol. The van der Waals surface area contributed by atoms with Gasteiger partial charge in [-0.25, -0.2) is 24.9 Å². The van der Waals surface area contributed by atoms with Gasteiger partial charge in [0.15, 0.2) is 0 Å². The molecule has 33 nitrogen and oxygen atoms in total. The summed E-state index contributed by atoms with van der Waals surface area (Å²) in [6.45, 7) is 10.4. The second-order valence-corrected chi connectivity index (χ2v) is 20.6. The fraction of sp³-hybridized carbons (Fsp3) is 0.386. The fourth-order valence-electron chi connectivity index (χ4n) is 9.06. The number of fused-ring (bicyclic) bond motifs is 5. The first-order valence-corrected chi connectivity index (χ1v) is 29.0. The molecule has 0 radical (unpaired) electrons. The molecule has 7 heterocycles. The maximum atomic E-state index is 11.9. The number of aromatic nitrogens is 15. The van der Waals surface area contributed by atoms with Crippen LogP contribution < -0.4 is 69.6 Å². The first-order chi connectivity index (χ1) is 44.0. The van der Waals surface area contributed by atoms with Gasteiger partial charge in [0.2, 0.25) is 0 Å². The number of nitrogens with one attached hydrogen (secondary N) is 3. The van der Waals surface area contributed by atoms with Crippen molar-refractivity contribution in [3.8, 4) is 28.7 Å². The number of likely N-dealkylation sites (tertiary alicyclic amines) is 1. The van der Waals surface area contributed by atoms with Crippen LogP contribution in [0.4, 0.5) is 23.8 Å². The summed E-state index contributed by atoms with van der Waals surface area (Å²) >= 11 is 5.54. The van der Waals surface area contributed by atoms with Crippen LogP contribution in [0.5, 0.6) is 28.7 Å². The van der Waals surface area contributed by atoms with E-state index in [-0.39, 0.29) is 11.2 Å². The Balaban J connectivity index is 0.000000148. The van der Waals surface area contributed by atoms with Crippen LogP contribution in [0.1, 0.15) is 19.3 Å². The van der Waals surface area contributed by atoms with Crippen LogP contribution in [0.25, 0.3) is 55.2 Å². The van der Waals surface area contributed by atoms with Crippen molar-refractivity contribution in [1.82, 2.24) is 65.1 Å². The molecule has 0 spiro atoms. The molecule has 0 saturated carbocycles. The van der Waals surface area contributed by atoms with Crippen LogP contribution >= 0.6 is 11.6 Å². The van der Waals surface area contributed by atoms with E-state index in [0.29, 0.717) is 139 Å². The van der Waals surface area contributed by atoms with Gasteiger partial charge in [-0.15, -0.1) is 0 Å². The second kappa shape index (κ2) is 32.8. The predicted octanol–water partition coefficient (Wildman–Crippen LogP) is 2.21. The number of benzene rings is 5. The highest BCUT2D eigenvalue weighted by molar-refractivity contribution is 6.28. The standard InChI is InChI=1S/C15H21N5O2.C14H19N5O3.C12H17N5O2.C8H6ClN3O2.C8H8N4O2/c1-22-12-5-6-14-13(11-12)17-15(18-20(14)21)16-7-10-19-8-3-2-4-9-19;1-21-11-2-3-13-12(10-11)16-14(17-19(13)20)15-4-5-18-6-8-22-9-7-18;1-16(2)7-6-13-12-14-10-8-9(19-3)4-5-11(10)17(18)15-12;2*1-14-5-2-3-7-6(4-5)10-8(9)11-12(7)13/h5-6,11H,2-4,7-10H2,1H3,(H,16,17,18);2-3,10H,4-9H2,1H3,(H,15,16,17);4-5,8H,6-7H2,1-3H3,(H,13,14,15);2-4H,1H3;2-4H,1H3,(H2,9,10,11). The average molecular weight is 1280 g/mol. The Bertz CT molecular complexity index is 3820. The van der Waals surface area contributed by atoms with Crippen LogP contribution in [0.3, 0.4) is 0 Å². The number of halogens is 1. The van der Waals surface area contributed by atoms with Gasteiger partial charge in [-0.05, 0) is 106 Å². The first-order valence-electron chi connectivity index (χ1n) is 28.6. The van der Waals surface area contributed by atoms with Gasteiger partial charge in [0.1, 0.15) is 56.3 Å². The van der Waals surface area contributed by atoms with E-state index in [1.165, 1.54) is 33.5 Å². The number of likely N-dealkylation sites (N-methyl/N-ethyl adjacent to an activating group) is 1. The van der Waals surface area contributed by atoms with Crippen molar-refractivity contribution < 1.29 is 52.6 Å². The van der Waals surface area contributed by atoms with Crippen molar-refractivity contribution in [2.75, 3.05) is 150 Å². The third-order valence-corrected chi connectivity index (χ3v) is 14.0. The average Bonchev–Trinajstić information content (AvgIpc) is 1.12. The van der Waals surface area contributed by atoms with Gasteiger partial charge >= 0.3 is 0 Å². The lowest BCUT2D eigenvalue weighted by molar-refractivity contribution is -0.643. The zero-order valence-electron chi connectivity index (χ0n) is 51.3. The van der Waals surface area contributed by atoms with Gasteiger partial charge in [0.05, 0.1) is 69.2 Å². The Morgan fingerprint density at radius 1 is 0.462 bits per heavy atom. The van der Waals surface area contributed by atoms with Crippen LogP contribution in [-0.2, 0) is 4.74 Å². The summed E-state index contributed by atoms with van der Waals surface area (Å²) in [7, 11) is 11.8. The number of hydrogen-bond donors (Lipinski definition) is 4. The first kappa shape index (κ1) is 66.7. The minimum atomic E-state index is -0.0826. The predicted molar refractivity (Wildman–Crippen MR) is 336 cm³/mol. The Morgan fingerprint density at radius 3 is 1.16 bits per heavy atom. The van der Waals surface area contributed by atoms with Crippen molar-refractivity contribution in [2.24, 2.45) is 0 Å². The van der Waals surface area contributed by atoms with Gasteiger partial charge < -0.3 is 85.9 Å². The highest BCUT2D eigenvalue weighted by Gasteiger charge is 2.18. The molecular formula is C57H71ClN22O11. The van der Waals surface area contributed by atoms with Gasteiger partial charge in [0, 0.05) is 118 Å². The molecule has 0 bridgehead atoms. The maximum Gasteiger partial charge on any atom is 0.290 e. The van der Waals surface area contributed by atoms with Crippen molar-refractivity contribution in [2.45, 2.75) is 19.3 Å². The molecule has 0 unspecified atom stereocenters. The number of nitrogen functional groups attached to an aromatic ring is 1. The number of nitrogens with zero attached hydrogens (tertiary/aromatic N) is 18. The third-order valence-electron chi connectivity index (χ3n) is 13.8. The lowest BCUT2D eigenvalue weighted by Gasteiger charge is -2.26. The Kier molecular flexibility index (Phi) is 24.1. The Labute approximate surface area is 526 Å². The summed E-state index contributed by atoms with van der Waals surface area (Å²) < 4.78 is 30.7. The van der Waals surface area contributed by atoms with Crippen molar-refractivity contribution in [3.63, 3.8) is 0 Å². The van der Waals surface area contributed by atoms with Gasteiger partial charge in [-0.1, -0.05) is 6.42 Å². The van der Waals surface area contributed by atoms with Crippen molar-refractivity contribution >= 4 is 90.6 Å². The molecule has 12 rings (SSSR count). The van der Waals surface area contributed by atoms with Crippen molar-refractivity contribution in [1.29, 1.82) is 0 Å². The third kappa shape index (κ3) is 19.1. The summed E-state index contributed by atoms with van der Waals surface area (Å²) in [6.07, 6.45) is 3.87. The maximum absolute atomic E-state index is 11.9. The number of methoxy groups -OCH3 is 5. The number of ether oxygens (including phenoxy) is 6. The molecular weight excluding hydrogens is 1200 g/mol. The summed E-state index contributed by atoms with van der Waals surface area (Å²) in [5, 5.41) is 85.8. The number of hydrogen-bond acceptors (Lipinski definition) is 28. The van der Waals surface area contributed by atoms with E-state index < -0.39 is 0 Å². The summed E-state index contributed by atoms with van der Waals surface area (Å²) in [4.78, 5) is 30.2. The largest absolute Gasteiger partial charge is 0.594 e. The van der Waals surface area contributed by atoms with E-state index in [9.17, 15) is 26.0 Å². The highest BCUT2D eigenvalue weighted by atomic mass is 35.5. The van der Waals surface area contributed by atoms with Gasteiger partial charge in [-0.3, -0.25) is 4.90 Å². The highest BCUT2D eigenvalue weighted by Crippen LogP contribution is 2.21. The van der Waals surface area contributed by atoms with E-state index in [0.717, 1.165) is 65.6 Å². The number of nitrogens with two attached hydrogens (primary N) is 1. The topological polar surface area (TPSA) is 391 Å². The van der Waals surface area contributed by atoms with Crippen LogP contribution in [0.15, 0.2) is 91.0 Å². The van der Waals surface area contributed by atoms with E-state index in [2.05, 4.69) is 76.2 Å². The molecule has 5 aromatic heterocycles. The molecule has 2 fully saturated rings. The molecule has 2 aliphatic rings. The molecule has 0 atom stereocenters. The normalized spacial score (nSPS) is 13.2. The minimum Gasteiger partial charge on any atom is -0.594 e. The smallest absolute Gasteiger partial charge is 0.290 e. The molecule has 10 aromatic rings. The summed E-state index contributed by atoms with van der Waals surface area (Å²) in [6, 6.07) is 25.0. The number of piperidine rings is 1. The van der Waals surface area contributed by atoms with Crippen LogP contribution in [0.2, 0.25) is 5.28 Å². The van der Waals surface area contributed by atoms with E-state index in [1.807, 2.05) is 19.0 Å². The molecule has 5 aromatic carbocycles. The van der Waals surface area contributed by atoms with Crippen LogP contribution in [0, 0.1) is 26.0 Å². The molecule has 5 N–H and O–H groups in total. The Hall–Kier alpha value is -10.2. The van der Waals surface area contributed by atoms with Crippen molar-refractivity contribution in [3.05, 3.63) is 122 Å². The number of morpholine rings is 1.